The van der Waals surface area contributed by atoms with Gasteiger partial charge in [-0.25, -0.2) is 17.8 Å². The second kappa shape index (κ2) is 8.39. The van der Waals surface area contributed by atoms with E-state index in [0.29, 0.717) is 6.54 Å². The van der Waals surface area contributed by atoms with Gasteiger partial charge in [-0.1, -0.05) is 41.9 Å². The van der Waals surface area contributed by atoms with Crippen LogP contribution >= 0.6 is 22.9 Å². The zero-order valence-corrected chi connectivity index (χ0v) is 17.7. The molecule has 1 saturated heterocycles. The van der Waals surface area contributed by atoms with Crippen molar-refractivity contribution in [1.29, 1.82) is 0 Å². The molecule has 1 atom stereocenters. The van der Waals surface area contributed by atoms with Crippen molar-refractivity contribution in [2.24, 2.45) is 0 Å². The van der Waals surface area contributed by atoms with Crippen LogP contribution in [-0.2, 0) is 16.4 Å². The predicted octanol–water partition coefficient (Wildman–Crippen LogP) is 4.42. The summed E-state index contributed by atoms with van der Waals surface area (Å²) in [4.78, 5) is 5.52. The lowest BCUT2D eigenvalue weighted by molar-refractivity contribution is 0.197. The van der Waals surface area contributed by atoms with Crippen molar-refractivity contribution in [2.45, 2.75) is 28.3 Å². The van der Waals surface area contributed by atoms with Crippen LogP contribution in [0.1, 0.15) is 12.0 Å². The van der Waals surface area contributed by atoms with Gasteiger partial charge in [-0.3, -0.25) is 4.90 Å². The minimum absolute atomic E-state index is 0.0584. The molecule has 0 N–H and O–H groups in total. The molecule has 0 radical (unpaired) electrons. The minimum atomic E-state index is -4.05. The number of nitrogens with zero attached hydrogens (tertiary/aromatic N) is 2. The highest BCUT2D eigenvalue weighted by molar-refractivity contribution is 7.93. The number of rotatable bonds is 6. The van der Waals surface area contributed by atoms with Crippen molar-refractivity contribution < 1.29 is 17.5 Å². The molecule has 2 heterocycles. The van der Waals surface area contributed by atoms with E-state index in [1.807, 2.05) is 18.2 Å². The second-order valence-electron chi connectivity index (χ2n) is 6.76. The van der Waals surface area contributed by atoms with Crippen LogP contribution in [0.4, 0.5) is 4.39 Å². The van der Waals surface area contributed by atoms with Gasteiger partial charge >= 0.3 is 0 Å². The van der Waals surface area contributed by atoms with Crippen molar-refractivity contribution in [2.75, 3.05) is 13.1 Å². The number of likely N-dealkylation sites (tertiary alicyclic amines) is 1. The Kier molecular flexibility index (Phi) is 5.87. The number of sulfone groups is 1. The topological polar surface area (TPSA) is 59.5 Å². The maximum Gasteiger partial charge on any atom is 0.236 e. The number of hydrogen-bond donors (Lipinski definition) is 0. The third kappa shape index (κ3) is 4.45. The maximum atomic E-state index is 14.6. The summed E-state index contributed by atoms with van der Waals surface area (Å²) < 4.78 is 45.4. The first-order chi connectivity index (χ1) is 13.9. The van der Waals surface area contributed by atoms with E-state index in [-0.39, 0.29) is 21.2 Å². The molecule has 0 spiro atoms. The summed E-state index contributed by atoms with van der Waals surface area (Å²) in [5.74, 6) is -0.757. The average molecular weight is 453 g/mol. The highest BCUT2D eigenvalue weighted by Gasteiger charge is 2.28. The number of benzene rings is 2. The van der Waals surface area contributed by atoms with Crippen LogP contribution in [-0.4, -0.2) is 37.5 Å². The van der Waals surface area contributed by atoms with Crippen LogP contribution in [0.15, 0.2) is 63.3 Å². The molecule has 0 aliphatic carbocycles. The van der Waals surface area contributed by atoms with Crippen LogP contribution in [0.5, 0.6) is 5.75 Å². The van der Waals surface area contributed by atoms with E-state index in [4.69, 9.17) is 16.3 Å². The van der Waals surface area contributed by atoms with E-state index in [1.165, 1.54) is 17.1 Å². The number of aromatic nitrogens is 1. The van der Waals surface area contributed by atoms with Gasteiger partial charge in [-0.2, -0.15) is 0 Å². The van der Waals surface area contributed by atoms with Gasteiger partial charge in [0.25, 0.3) is 0 Å². The van der Waals surface area contributed by atoms with Crippen LogP contribution in [0.25, 0.3) is 0 Å². The van der Waals surface area contributed by atoms with Gasteiger partial charge in [-0.05, 0) is 18.1 Å². The van der Waals surface area contributed by atoms with E-state index in [0.717, 1.165) is 43.0 Å². The van der Waals surface area contributed by atoms with Gasteiger partial charge in [0.2, 0.25) is 14.2 Å². The third-order valence-corrected chi connectivity index (χ3v) is 7.95. The van der Waals surface area contributed by atoms with Gasteiger partial charge in [-0.15, -0.1) is 11.3 Å². The van der Waals surface area contributed by atoms with Crippen molar-refractivity contribution in [1.82, 2.24) is 9.88 Å². The predicted molar refractivity (Wildman–Crippen MR) is 110 cm³/mol. The van der Waals surface area contributed by atoms with Crippen LogP contribution in [0.2, 0.25) is 5.02 Å². The number of thiazole rings is 1. The van der Waals surface area contributed by atoms with Crippen LogP contribution in [0, 0.1) is 5.82 Å². The molecule has 1 aromatic heterocycles. The van der Waals surface area contributed by atoms with Crippen molar-refractivity contribution in [3.8, 4) is 5.75 Å². The third-order valence-electron chi connectivity index (χ3n) is 4.69. The molecule has 2 aromatic carbocycles. The number of ether oxygens (including phenoxy) is 1. The minimum Gasteiger partial charge on any atom is -0.487 e. The Morgan fingerprint density at radius 2 is 2.07 bits per heavy atom. The van der Waals surface area contributed by atoms with Gasteiger partial charge < -0.3 is 4.74 Å². The van der Waals surface area contributed by atoms with Gasteiger partial charge in [0, 0.05) is 37.3 Å². The molecule has 152 valence electrons. The summed E-state index contributed by atoms with van der Waals surface area (Å²) in [6, 6.07) is 12.3. The van der Waals surface area contributed by atoms with Gasteiger partial charge in [0.1, 0.15) is 22.6 Å². The zero-order valence-electron chi connectivity index (χ0n) is 15.3. The fourth-order valence-corrected chi connectivity index (χ4v) is 5.85. The van der Waals surface area contributed by atoms with E-state index >= 15 is 0 Å². The number of halogens is 2. The molecule has 9 heteroatoms. The molecule has 0 saturated carbocycles. The fourth-order valence-electron chi connectivity index (χ4n) is 3.30. The molecular weight excluding hydrogens is 435 g/mol. The summed E-state index contributed by atoms with van der Waals surface area (Å²) in [5.41, 5.74) is 1.22. The SMILES string of the molecule is O=S(=O)(c1nccs1)c1cc(Cl)c(O[C@H]2CCN(Cc3ccccc3)C2)cc1F. The first kappa shape index (κ1) is 20.3. The Balaban J connectivity index is 1.47. The van der Waals surface area contributed by atoms with Crippen LogP contribution in [0.3, 0.4) is 0 Å². The molecular formula is C20H18ClFN2O3S2. The molecule has 29 heavy (non-hydrogen) atoms. The Hall–Kier alpha value is -2.00. The average Bonchev–Trinajstić information content (AvgIpc) is 3.38. The van der Waals surface area contributed by atoms with E-state index in [9.17, 15) is 12.8 Å². The van der Waals surface area contributed by atoms with Crippen LogP contribution < -0.4 is 4.74 Å². The molecule has 0 amide bonds. The van der Waals surface area contributed by atoms with Gasteiger partial charge in [0.15, 0.2) is 0 Å². The Morgan fingerprint density at radius 3 is 2.79 bits per heavy atom. The summed E-state index contributed by atoms with van der Waals surface area (Å²) in [5, 5.41) is 1.58. The molecule has 0 bridgehead atoms. The molecule has 1 aliphatic heterocycles. The molecule has 1 fully saturated rings. The monoisotopic (exact) mass is 452 g/mol. The lowest BCUT2D eigenvalue weighted by Crippen LogP contribution is -2.24. The Morgan fingerprint density at radius 1 is 1.28 bits per heavy atom. The first-order valence-corrected chi connectivity index (χ1v) is 11.7. The van der Waals surface area contributed by atoms with Crippen molar-refractivity contribution in [3.05, 3.63) is 70.4 Å². The quantitative estimate of drug-likeness (QED) is 0.554. The Labute approximate surface area is 177 Å². The highest BCUT2D eigenvalue weighted by Crippen LogP contribution is 2.34. The molecule has 4 rings (SSSR count). The molecule has 0 unspecified atom stereocenters. The van der Waals surface area contributed by atoms with E-state index in [2.05, 4.69) is 22.0 Å². The largest absolute Gasteiger partial charge is 0.487 e. The van der Waals surface area contributed by atoms with Crippen molar-refractivity contribution in [3.63, 3.8) is 0 Å². The highest BCUT2D eigenvalue weighted by atomic mass is 35.5. The molecule has 3 aromatic rings. The Bertz CT molecular complexity index is 1090. The molecule has 5 nitrogen and oxygen atoms in total. The zero-order chi connectivity index (χ0) is 20.4. The smallest absolute Gasteiger partial charge is 0.236 e. The normalized spacial score (nSPS) is 17.5. The summed E-state index contributed by atoms with van der Waals surface area (Å²) >= 11 is 7.15. The number of hydrogen-bond acceptors (Lipinski definition) is 6. The lowest BCUT2D eigenvalue weighted by atomic mass is 10.2. The second-order valence-corrected chi connectivity index (χ2v) is 10.2. The fraction of sp³-hybridized carbons (Fsp3) is 0.250. The maximum absolute atomic E-state index is 14.6. The van der Waals surface area contributed by atoms with Gasteiger partial charge in [0.05, 0.1) is 5.02 Å². The lowest BCUT2D eigenvalue weighted by Gasteiger charge is -2.18. The standard InChI is InChI=1S/C20H18ClFN2O3S2/c21-16-10-19(29(25,26)20-23-7-9-28-20)17(22)11-18(16)27-15-6-8-24(13-15)12-14-4-2-1-3-5-14/h1-5,7,9-11,15H,6,8,12-13H2/t15-/m0/s1. The molecule has 1 aliphatic rings. The summed E-state index contributed by atoms with van der Waals surface area (Å²) in [6.07, 6.45) is 2.00. The summed E-state index contributed by atoms with van der Waals surface area (Å²) in [7, 11) is -4.05. The van der Waals surface area contributed by atoms with E-state index in [1.54, 1.807) is 0 Å². The van der Waals surface area contributed by atoms with Crippen molar-refractivity contribution >= 4 is 32.8 Å². The first-order valence-electron chi connectivity index (χ1n) is 9.00. The summed E-state index contributed by atoms with van der Waals surface area (Å²) in [6.45, 7) is 2.36. The van der Waals surface area contributed by atoms with E-state index < -0.39 is 20.5 Å².